The van der Waals surface area contributed by atoms with Crippen molar-refractivity contribution < 1.29 is 9.90 Å². The summed E-state index contributed by atoms with van der Waals surface area (Å²) in [5.41, 5.74) is 1.62. The topological polar surface area (TPSA) is 37.3 Å². The van der Waals surface area contributed by atoms with E-state index >= 15 is 0 Å². The van der Waals surface area contributed by atoms with Gasteiger partial charge < -0.3 is 5.11 Å². The van der Waals surface area contributed by atoms with Crippen LogP contribution in [0.1, 0.15) is 41.1 Å². The third kappa shape index (κ3) is 2.27. The van der Waals surface area contributed by atoms with E-state index < -0.39 is 5.97 Å². The first kappa shape index (κ1) is 9.97. The largest absolute Gasteiger partial charge is 0.478 e. The smallest absolute Gasteiger partial charge is 0.335 e. The van der Waals surface area contributed by atoms with Gasteiger partial charge in [0.25, 0.3) is 0 Å². The summed E-state index contributed by atoms with van der Waals surface area (Å²) >= 11 is 0. The summed E-state index contributed by atoms with van der Waals surface area (Å²) in [7, 11) is 0. The first-order valence-corrected chi connectivity index (χ1v) is 5.25. The van der Waals surface area contributed by atoms with Crippen molar-refractivity contribution >= 4 is 5.97 Å². The molecule has 1 unspecified atom stereocenters. The van der Waals surface area contributed by atoms with Crippen LogP contribution in [-0.4, -0.2) is 11.1 Å². The molecule has 2 heteroatoms. The SMILES string of the molecule is O=C(O)c1ccc(C2CC=CCC2)cc1. The Hall–Kier alpha value is -1.57. The van der Waals surface area contributed by atoms with Crippen LogP contribution in [-0.2, 0) is 0 Å². The van der Waals surface area contributed by atoms with Crippen LogP contribution in [0.3, 0.4) is 0 Å². The molecule has 2 rings (SSSR count). The lowest BCUT2D eigenvalue weighted by Crippen LogP contribution is -2.02. The summed E-state index contributed by atoms with van der Waals surface area (Å²) in [6, 6.07) is 7.26. The van der Waals surface area contributed by atoms with E-state index in [1.807, 2.05) is 12.1 Å². The summed E-state index contributed by atoms with van der Waals surface area (Å²) in [6.45, 7) is 0. The molecule has 0 fully saturated rings. The molecule has 1 aromatic rings. The summed E-state index contributed by atoms with van der Waals surface area (Å²) < 4.78 is 0. The van der Waals surface area contributed by atoms with Crippen molar-refractivity contribution in [1.82, 2.24) is 0 Å². The van der Waals surface area contributed by atoms with Crippen LogP contribution in [0.4, 0.5) is 0 Å². The second-order valence-electron chi connectivity index (χ2n) is 3.91. The molecule has 0 aliphatic heterocycles. The normalized spacial score (nSPS) is 20.1. The van der Waals surface area contributed by atoms with Gasteiger partial charge in [0.05, 0.1) is 5.56 Å². The van der Waals surface area contributed by atoms with Crippen LogP contribution >= 0.6 is 0 Å². The van der Waals surface area contributed by atoms with Crippen molar-refractivity contribution in [3.8, 4) is 0 Å². The zero-order chi connectivity index (χ0) is 10.7. The Bertz CT molecular complexity index is 376. The molecule has 0 amide bonds. The number of rotatable bonds is 2. The van der Waals surface area contributed by atoms with E-state index in [4.69, 9.17) is 5.11 Å². The maximum atomic E-state index is 10.7. The molecule has 15 heavy (non-hydrogen) atoms. The average Bonchev–Trinajstić information content (AvgIpc) is 2.30. The second-order valence-corrected chi connectivity index (χ2v) is 3.91. The lowest BCUT2D eigenvalue weighted by Gasteiger charge is -2.17. The second kappa shape index (κ2) is 4.30. The molecule has 1 atom stereocenters. The molecule has 0 spiro atoms. The molecule has 78 valence electrons. The van der Waals surface area contributed by atoms with Gasteiger partial charge >= 0.3 is 5.97 Å². The van der Waals surface area contributed by atoms with Gasteiger partial charge in [0.1, 0.15) is 0 Å². The minimum Gasteiger partial charge on any atom is -0.478 e. The molecule has 0 radical (unpaired) electrons. The molecule has 1 N–H and O–H groups in total. The monoisotopic (exact) mass is 202 g/mol. The van der Waals surface area contributed by atoms with E-state index in [2.05, 4.69) is 12.2 Å². The number of carbonyl (C=O) groups is 1. The van der Waals surface area contributed by atoms with Gasteiger partial charge in [0, 0.05) is 0 Å². The number of aromatic carboxylic acids is 1. The maximum Gasteiger partial charge on any atom is 0.335 e. The van der Waals surface area contributed by atoms with Crippen LogP contribution in [0.5, 0.6) is 0 Å². The number of benzene rings is 1. The van der Waals surface area contributed by atoms with Crippen LogP contribution in [0.2, 0.25) is 0 Å². The van der Waals surface area contributed by atoms with Gasteiger partial charge in [-0.1, -0.05) is 24.3 Å². The quantitative estimate of drug-likeness (QED) is 0.748. The lowest BCUT2D eigenvalue weighted by molar-refractivity contribution is 0.0697. The Morgan fingerprint density at radius 2 is 1.93 bits per heavy atom. The number of allylic oxidation sites excluding steroid dienone is 2. The van der Waals surface area contributed by atoms with E-state index in [1.165, 1.54) is 12.0 Å². The molecule has 2 nitrogen and oxygen atoms in total. The zero-order valence-electron chi connectivity index (χ0n) is 8.52. The highest BCUT2D eigenvalue weighted by Gasteiger charge is 2.12. The fourth-order valence-electron chi connectivity index (χ4n) is 1.99. The summed E-state index contributed by atoms with van der Waals surface area (Å²) in [6.07, 6.45) is 7.79. The fraction of sp³-hybridized carbons (Fsp3) is 0.308. The zero-order valence-corrected chi connectivity index (χ0v) is 8.52. The minimum absolute atomic E-state index is 0.366. The Kier molecular flexibility index (Phi) is 2.86. The number of carboxylic acids is 1. The average molecular weight is 202 g/mol. The van der Waals surface area contributed by atoms with Crippen molar-refractivity contribution in [2.24, 2.45) is 0 Å². The van der Waals surface area contributed by atoms with E-state index in [0.29, 0.717) is 11.5 Å². The maximum absolute atomic E-state index is 10.7. The minimum atomic E-state index is -0.856. The summed E-state index contributed by atoms with van der Waals surface area (Å²) in [5.74, 6) is -0.289. The van der Waals surface area contributed by atoms with Crippen LogP contribution in [0, 0.1) is 0 Å². The number of carboxylic acid groups (broad SMARTS) is 1. The summed E-state index contributed by atoms with van der Waals surface area (Å²) in [5, 5.41) is 8.77. The number of hydrogen-bond acceptors (Lipinski definition) is 1. The predicted molar refractivity (Wildman–Crippen MR) is 59.1 cm³/mol. The highest BCUT2D eigenvalue weighted by molar-refractivity contribution is 5.87. The lowest BCUT2D eigenvalue weighted by atomic mass is 9.87. The van der Waals surface area contributed by atoms with Gasteiger partial charge in [0.15, 0.2) is 0 Å². The van der Waals surface area contributed by atoms with E-state index in [0.717, 1.165) is 12.8 Å². The standard InChI is InChI=1S/C13H14O2/c14-13(15)12-8-6-11(7-9-12)10-4-2-1-3-5-10/h1-2,6-10H,3-5H2,(H,14,15). The molecule has 0 bridgehead atoms. The number of hydrogen-bond donors (Lipinski definition) is 1. The first-order chi connectivity index (χ1) is 7.27. The molecule has 0 heterocycles. The van der Waals surface area contributed by atoms with Gasteiger partial charge in [0.2, 0.25) is 0 Å². The van der Waals surface area contributed by atoms with Gasteiger partial charge in [-0.05, 0) is 42.9 Å². The highest BCUT2D eigenvalue weighted by Crippen LogP contribution is 2.28. The molecular formula is C13H14O2. The van der Waals surface area contributed by atoms with Crippen LogP contribution in [0.25, 0.3) is 0 Å². The fourth-order valence-corrected chi connectivity index (χ4v) is 1.99. The van der Waals surface area contributed by atoms with Crippen molar-refractivity contribution in [2.45, 2.75) is 25.2 Å². The Morgan fingerprint density at radius 1 is 1.20 bits per heavy atom. The molecule has 1 aromatic carbocycles. The van der Waals surface area contributed by atoms with Gasteiger partial charge in [-0.2, -0.15) is 0 Å². The van der Waals surface area contributed by atoms with E-state index in [-0.39, 0.29) is 0 Å². The molecule has 1 aliphatic rings. The van der Waals surface area contributed by atoms with Crippen molar-refractivity contribution in [2.75, 3.05) is 0 Å². The van der Waals surface area contributed by atoms with Crippen molar-refractivity contribution in [3.63, 3.8) is 0 Å². The third-order valence-electron chi connectivity index (χ3n) is 2.90. The highest BCUT2D eigenvalue weighted by atomic mass is 16.4. The van der Waals surface area contributed by atoms with Gasteiger partial charge in [-0.3, -0.25) is 0 Å². The Morgan fingerprint density at radius 3 is 2.47 bits per heavy atom. The van der Waals surface area contributed by atoms with E-state index in [9.17, 15) is 4.79 Å². The van der Waals surface area contributed by atoms with Crippen molar-refractivity contribution in [1.29, 1.82) is 0 Å². The molecular weight excluding hydrogens is 188 g/mol. The Labute approximate surface area is 89.2 Å². The first-order valence-electron chi connectivity index (χ1n) is 5.25. The third-order valence-corrected chi connectivity index (χ3v) is 2.90. The van der Waals surface area contributed by atoms with E-state index in [1.54, 1.807) is 12.1 Å². The molecule has 0 saturated carbocycles. The van der Waals surface area contributed by atoms with Gasteiger partial charge in [-0.25, -0.2) is 4.79 Å². The molecule has 0 saturated heterocycles. The van der Waals surface area contributed by atoms with Crippen LogP contribution < -0.4 is 0 Å². The summed E-state index contributed by atoms with van der Waals surface area (Å²) in [4.78, 5) is 10.7. The Balaban J connectivity index is 2.16. The van der Waals surface area contributed by atoms with Crippen molar-refractivity contribution in [3.05, 3.63) is 47.5 Å². The predicted octanol–water partition coefficient (Wildman–Crippen LogP) is 3.21. The molecule has 0 aromatic heterocycles. The molecule has 1 aliphatic carbocycles. The van der Waals surface area contributed by atoms with Crippen LogP contribution in [0.15, 0.2) is 36.4 Å². The van der Waals surface area contributed by atoms with Gasteiger partial charge in [-0.15, -0.1) is 0 Å².